The molecule has 1 atom stereocenters. The molecule has 0 saturated heterocycles. The van der Waals surface area contributed by atoms with Crippen LogP contribution in [0.3, 0.4) is 0 Å². The van der Waals surface area contributed by atoms with Crippen molar-refractivity contribution in [3.05, 3.63) is 64.6 Å². The van der Waals surface area contributed by atoms with Crippen molar-refractivity contribution in [2.24, 2.45) is 25.9 Å². The molecule has 2 fully saturated rings. The number of halogens is 5. The van der Waals surface area contributed by atoms with Crippen molar-refractivity contribution in [3.63, 3.8) is 0 Å². The van der Waals surface area contributed by atoms with E-state index in [9.17, 15) is 9.90 Å². The van der Waals surface area contributed by atoms with E-state index in [1.807, 2.05) is 24.1 Å². The molecule has 4 heterocycles. The van der Waals surface area contributed by atoms with Crippen LogP contribution in [0.2, 0.25) is 10.3 Å². The molecule has 0 amide bonds. The molecule has 0 radical (unpaired) electrons. The molecule has 1 unspecified atom stereocenters. The number of aliphatic hydroxyl groups excluding tert-OH is 1. The van der Waals surface area contributed by atoms with Crippen LogP contribution in [0.5, 0.6) is 0 Å². The highest BCUT2D eigenvalue weighted by Crippen LogP contribution is 2.34. The third-order valence-electron chi connectivity index (χ3n) is 6.04. The van der Waals surface area contributed by atoms with Crippen LogP contribution < -0.4 is 0 Å². The first-order valence-electron chi connectivity index (χ1n) is 12.2. The first-order chi connectivity index (χ1) is 18.5. The van der Waals surface area contributed by atoms with Crippen molar-refractivity contribution in [1.82, 2.24) is 39.1 Å². The summed E-state index contributed by atoms with van der Waals surface area (Å²) in [4.78, 5) is 10.4. The number of aliphatic hydroxyl groups is 1. The van der Waals surface area contributed by atoms with Gasteiger partial charge < -0.3 is 5.11 Å². The van der Waals surface area contributed by atoms with Crippen molar-refractivity contribution < 1.29 is 9.90 Å². The molecule has 2 saturated carbocycles. The quantitative estimate of drug-likeness (QED) is 0.179. The Bertz CT molecular complexity index is 1410. The van der Waals surface area contributed by atoms with E-state index in [2.05, 4.69) is 74.8 Å². The Morgan fingerprint density at radius 3 is 1.85 bits per heavy atom. The van der Waals surface area contributed by atoms with Crippen molar-refractivity contribution in [2.75, 3.05) is 0 Å². The van der Waals surface area contributed by atoms with Gasteiger partial charge in [-0.1, -0.05) is 23.2 Å². The molecule has 10 nitrogen and oxygen atoms in total. The molecule has 15 heteroatoms. The van der Waals surface area contributed by atoms with E-state index >= 15 is 0 Å². The number of rotatable bonds is 7. The second kappa shape index (κ2) is 13.6. The first kappa shape index (κ1) is 30.7. The lowest BCUT2D eigenvalue weighted by Crippen LogP contribution is -2.01. The summed E-state index contributed by atoms with van der Waals surface area (Å²) in [5.74, 6) is 1.46. The van der Waals surface area contributed by atoms with Crippen LogP contribution in [0.4, 0.5) is 0 Å². The number of carbonyl (C=O) groups excluding carboxylic acids is 1. The minimum atomic E-state index is -0.816. The third-order valence-corrected chi connectivity index (χ3v) is 9.36. The molecular formula is C24H27Br2Cl2IN8O2. The van der Waals surface area contributed by atoms with Crippen molar-refractivity contribution in [3.8, 4) is 0 Å². The monoisotopic (exact) mass is 814 g/mol. The third kappa shape index (κ3) is 8.86. The largest absolute Gasteiger partial charge is 0.383 e. The standard InChI is InChI=1S/C12H14BrClN4O.C8H9ClN2O.C4H4BrIN2/c1-17-5-8(11(13)15-17)10(19)9-6-18(16-12(9)14)4-7-2-3-7;9-8-7(5-12)4-11(10-8)3-6-1-2-6;1-8-2-3(6)4(5)7-8/h5-7,10,19H,2-4H2,1H3;4-6H,1-3H2;2H,1H3. The molecule has 39 heavy (non-hydrogen) atoms. The molecule has 0 bridgehead atoms. The lowest BCUT2D eigenvalue weighted by atomic mass is 10.1. The zero-order valence-corrected chi connectivity index (χ0v) is 28.0. The Morgan fingerprint density at radius 2 is 1.44 bits per heavy atom. The van der Waals surface area contributed by atoms with Crippen LogP contribution in [-0.2, 0) is 27.2 Å². The number of aryl methyl sites for hydroxylation is 2. The Labute approximate surface area is 266 Å². The Morgan fingerprint density at radius 1 is 0.897 bits per heavy atom. The van der Waals surface area contributed by atoms with E-state index in [0.717, 1.165) is 33.5 Å². The van der Waals surface area contributed by atoms with Gasteiger partial charge in [0.25, 0.3) is 0 Å². The van der Waals surface area contributed by atoms with E-state index in [0.29, 0.717) is 37.5 Å². The smallest absolute Gasteiger partial charge is 0.161 e. The normalized spacial score (nSPS) is 15.3. The minimum absolute atomic E-state index is 0.311. The predicted molar refractivity (Wildman–Crippen MR) is 164 cm³/mol. The van der Waals surface area contributed by atoms with Crippen LogP contribution in [0.15, 0.2) is 34.0 Å². The zero-order chi connectivity index (χ0) is 28.3. The van der Waals surface area contributed by atoms with E-state index in [1.54, 1.807) is 33.5 Å². The zero-order valence-electron chi connectivity index (χ0n) is 21.2. The van der Waals surface area contributed by atoms with E-state index in [4.69, 9.17) is 23.2 Å². The molecule has 0 aromatic carbocycles. The summed E-state index contributed by atoms with van der Waals surface area (Å²) in [6.07, 6.45) is 12.2. The average Bonchev–Trinajstić information content (AvgIpc) is 3.74. The minimum Gasteiger partial charge on any atom is -0.383 e. The van der Waals surface area contributed by atoms with Crippen molar-refractivity contribution >= 4 is 83.9 Å². The van der Waals surface area contributed by atoms with Crippen molar-refractivity contribution in [2.45, 2.75) is 44.9 Å². The summed E-state index contributed by atoms with van der Waals surface area (Å²) in [5, 5.41) is 27.5. The SMILES string of the molecule is Cn1cc(C(O)c2cn(CC3CC3)nc2Cl)c(Br)n1.Cn1cc(I)c(Br)n1.O=Cc1cn(CC2CC2)nc1Cl. The predicted octanol–water partition coefficient (Wildman–Crippen LogP) is 6.07. The molecule has 0 spiro atoms. The Hall–Kier alpha value is -1.26. The average molecular weight is 817 g/mol. The van der Waals surface area contributed by atoms with E-state index < -0.39 is 6.10 Å². The van der Waals surface area contributed by atoms with Gasteiger partial charge in [-0.25, -0.2) is 0 Å². The molecule has 6 rings (SSSR count). The van der Waals surface area contributed by atoms with Gasteiger partial charge in [0.15, 0.2) is 16.6 Å². The van der Waals surface area contributed by atoms with Gasteiger partial charge in [0.2, 0.25) is 0 Å². The van der Waals surface area contributed by atoms with E-state index in [-0.39, 0.29) is 0 Å². The summed E-state index contributed by atoms with van der Waals surface area (Å²) in [6.45, 7) is 1.77. The molecule has 2 aliphatic carbocycles. The van der Waals surface area contributed by atoms with Gasteiger partial charge in [-0.2, -0.15) is 20.4 Å². The van der Waals surface area contributed by atoms with Crippen LogP contribution in [0.1, 0.15) is 53.3 Å². The maximum absolute atomic E-state index is 10.4. The molecule has 210 valence electrons. The molecule has 4 aromatic rings. The number of hydrogen-bond acceptors (Lipinski definition) is 6. The van der Waals surface area contributed by atoms with Gasteiger partial charge in [0.1, 0.15) is 15.3 Å². The lowest BCUT2D eigenvalue weighted by Gasteiger charge is -2.06. The first-order valence-corrected chi connectivity index (χ1v) is 15.6. The van der Waals surface area contributed by atoms with Crippen LogP contribution in [0, 0.1) is 15.4 Å². The lowest BCUT2D eigenvalue weighted by molar-refractivity contribution is 0.112. The highest BCUT2D eigenvalue weighted by Gasteiger charge is 2.26. The topological polar surface area (TPSA) is 109 Å². The number of nitrogens with zero attached hydrogens (tertiary/aromatic N) is 8. The van der Waals surface area contributed by atoms with Gasteiger partial charge in [-0.3, -0.25) is 23.5 Å². The van der Waals surface area contributed by atoms with Gasteiger partial charge in [-0.05, 0) is 92.0 Å². The highest BCUT2D eigenvalue weighted by molar-refractivity contribution is 14.1. The second-order valence-corrected chi connectivity index (χ2v) is 13.0. The molecule has 2 aliphatic rings. The van der Waals surface area contributed by atoms with E-state index in [1.165, 1.54) is 25.7 Å². The number of carbonyl (C=O) groups is 1. The van der Waals surface area contributed by atoms with Crippen molar-refractivity contribution in [1.29, 1.82) is 0 Å². The Balaban J connectivity index is 0.000000150. The molecular weight excluding hydrogens is 790 g/mol. The van der Waals surface area contributed by atoms with Crippen LogP contribution >= 0.6 is 77.7 Å². The summed E-state index contributed by atoms with van der Waals surface area (Å²) >= 11 is 20.6. The summed E-state index contributed by atoms with van der Waals surface area (Å²) in [6, 6.07) is 0. The summed E-state index contributed by atoms with van der Waals surface area (Å²) in [5.41, 5.74) is 1.80. The summed E-state index contributed by atoms with van der Waals surface area (Å²) < 4.78 is 9.67. The molecule has 4 aromatic heterocycles. The maximum atomic E-state index is 10.4. The van der Waals surface area contributed by atoms with Gasteiger partial charge >= 0.3 is 0 Å². The number of hydrogen-bond donors (Lipinski definition) is 1. The Kier molecular flexibility index (Phi) is 10.7. The summed E-state index contributed by atoms with van der Waals surface area (Å²) in [7, 11) is 3.70. The van der Waals surface area contributed by atoms with Gasteiger partial charge in [0.05, 0.1) is 9.13 Å². The second-order valence-electron chi connectivity index (χ2n) is 9.59. The van der Waals surface area contributed by atoms with Gasteiger partial charge in [0, 0.05) is 63.1 Å². The van der Waals surface area contributed by atoms with Gasteiger partial charge in [-0.15, -0.1) is 0 Å². The fraction of sp³-hybridized carbons (Fsp3) is 0.458. The maximum Gasteiger partial charge on any atom is 0.161 e. The molecule has 1 N–H and O–H groups in total. The number of aromatic nitrogens is 8. The number of aldehydes is 1. The van der Waals surface area contributed by atoms with Crippen LogP contribution in [-0.4, -0.2) is 50.5 Å². The van der Waals surface area contributed by atoms with Crippen LogP contribution in [0.25, 0.3) is 0 Å². The highest BCUT2D eigenvalue weighted by atomic mass is 127. The molecule has 0 aliphatic heterocycles. The fourth-order valence-corrected chi connectivity index (χ4v) is 5.54. The fourth-order valence-electron chi connectivity index (χ4n) is 3.67.